The van der Waals surface area contributed by atoms with Gasteiger partial charge in [-0.2, -0.15) is 0 Å². The summed E-state index contributed by atoms with van der Waals surface area (Å²) in [6.07, 6.45) is 3.12. The van der Waals surface area contributed by atoms with Crippen LogP contribution in [0.4, 0.5) is 4.79 Å². The SMILES string of the molecule is C=C(c1ccc(Br)cc1)C1(C2(C)CCN(C(=O)O)CC2)CCNCC1. The van der Waals surface area contributed by atoms with Crippen molar-refractivity contribution in [3.63, 3.8) is 0 Å². The van der Waals surface area contributed by atoms with Crippen molar-refractivity contribution in [3.8, 4) is 0 Å². The molecule has 5 heteroatoms. The van der Waals surface area contributed by atoms with Crippen LogP contribution < -0.4 is 5.32 Å². The van der Waals surface area contributed by atoms with Crippen LogP contribution in [0.2, 0.25) is 0 Å². The molecule has 1 amide bonds. The molecule has 0 spiro atoms. The molecule has 25 heavy (non-hydrogen) atoms. The molecule has 1 aromatic carbocycles. The molecular formula is C20H27BrN2O2. The Balaban J connectivity index is 1.92. The van der Waals surface area contributed by atoms with Crippen molar-refractivity contribution in [2.45, 2.75) is 32.6 Å². The molecule has 0 aromatic heterocycles. The maximum atomic E-state index is 11.3. The van der Waals surface area contributed by atoms with Gasteiger partial charge in [0, 0.05) is 23.0 Å². The minimum absolute atomic E-state index is 0.0245. The number of hydrogen-bond donors (Lipinski definition) is 2. The molecule has 0 bridgehead atoms. The number of allylic oxidation sites excluding steroid dienone is 1. The molecule has 2 heterocycles. The van der Waals surface area contributed by atoms with Crippen LogP contribution in [0.1, 0.15) is 38.2 Å². The zero-order valence-corrected chi connectivity index (χ0v) is 16.4. The van der Waals surface area contributed by atoms with E-state index < -0.39 is 6.09 Å². The van der Waals surface area contributed by atoms with Gasteiger partial charge >= 0.3 is 6.09 Å². The second-order valence-corrected chi connectivity index (χ2v) is 8.56. The number of carboxylic acid groups (broad SMARTS) is 1. The van der Waals surface area contributed by atoms with Gasteiger partial charge in [-0.05, 0) is 67.5 Å². The molecule has 136 valence electrons. The van der Waals surface area contributed by atoms with Crippen LogP contribution in [0.3, 0.4) is 0 Å². The minimum Gasteiger partial charge on any atom is -0.465 e. The summed E-state index contributed by atoms with van der Waals surface area (Å²) < 4.78 is 1.07. The second-order valence-electron chi connectivity index (χ2n) is 7.65. The van der Waals surface area contributed by atoms with E-state index in [2.05, 4.69) is 59.0 Å². The molecule has 2 aliphatic heterocycles. The van der Waals surface area contributed by atoms with Crippen LogP contribution in [-0.4, -0.2) is 42.3 Å². The number of piperidine rings is 2. The van der Waals surface area contributed by atoms with E-state index in [9.17, 15) is 9.90 Å². The lowest BCUT2D eigenvalue weighted by Crippen LogP contribution is -2.53. The third-order valence-corrected chi connectivity index (χ3v) is 7.05. The lowest BCUT2D eigenvalue weighted by Gasteiger charge is -2.55. The number of hydrogen-bond acceptors (Lipinski definition) is 2. The fourth-order valence-corrected chi connectivity index (χ4v) is 4.98. The maximum absolute atomic E-state index is 11.3. The smallest absolute Gasteiger partial charge is 0.407 e. The number of nitrogens with zero attached hydrogens (tertiary/aromatic N) is 1. The molecule has 0 atom stereocenters. The van der Waals surface area contributed by atoms with Crippen LogP contribution in [0.15, 0.2) is 35.3 Å². The number of nitrogens with one attached hydrogen (secondary N) is 1. The first-order chi connectivity index (χ1) is 11.9. The molecule has 0 aliphatic carbocycles. The number of halogens is 1. The zero-order valence-electron chi connectivity index (χ0n) is 14.9. The van der Waals surface area contributed by atoms with E-state index in [1.54, 1.807) is 4.90 Å². The predicted octanol–water partition coefficient (Wildman–Crippen LogP) is 4.61. The number of rotatable bonds is 3. The Hall–Kier alpha value is -1.33. The van der Waals surface area contributed by atoms with Crippen molar-refractivity contribution < 1.29 is 9.90 Å². The lowest BCUT2D eigenvalue weighted by atomic mass is 9.52. The summed E-state index contributed by atoms with van der Waals surface area (Å²) in [5, 5.41) is 12.8. The van der Waals surface area contributed by atoms with Gasteiger partial charge in [-0.15, -0.1) is 0 Å². The van der Waals surface area contributed by atoms with E-state index in [1.807, 2.05) is 0 Å². The first kappa shape index (κ1) is 18.5. The van der Waals surface area contributed by atoms with Crippen molar-refractivity contribution in [3.05, 3.63) is 40.9 Å². The van der Waals surface area contributed by atoms with Gasteiger partial charge in [0.05, 0.1) is 0 Å². The summed E-state index contributed by atoms with van der Waals surface area (Å²) in [6.45, 7) is 10.1. The Morgan fingerprint density at radius 3 is 2.24 bits per heavy atom. The van der Waals surface area contributed by atoms with Crippen LogP contribution in [-0.2, 0) is 0 Å². The van der Waals surface area contributed by atoms with E-state index in [-0.39, 0.29) is 10.8 Å². The summed E-state index contributed by atoms with van der Waals surface area (Å²) in [7, 11) is 0. The summed E-state index contributed by atoms with van der Waals surface area (Å²) in [5.41, 5.74) is 2.52. The van der Waals surface area contributed by atoms with Crippen molar-refractivity contribution in [2.75, 3.05) is 26.2 Å². The van der Waals surface area contributed by atoms with Crippen molar-refractivity contribution in [2.24, 2.45) is 10.8 Å². The molecule has 4 nitrogen and oxygen atoms in total. The Labute approximate surface area is 158 Å². The van der Waals surface area contributed by atoms with Crippen molar-refractivity contribution >= 4 is 27.6 Å². The molecule has 2 aliphatic rings. The van der Waals surface area contributed by atoms with Crippen LogP contribution in [0.25, 0.3) is 5.57 Å². The van der Waals surface area contributed by atoms with E-state index in [4.69, 9.17) is 0 Å². The molecule has 2 N–H and O–H groups in total. The van der Waals surface area contributed by atoms with Crippen molar-refractivity contribution in [1.29, 1.82) is 0 Å². The standard InChI is InChI=1S/C20H27BrN2O2/c1-15(16-3-5-17(21)6-4-16)20(7-11-22-12-8-20)19(2)9-13-23(14-10-19)18(24)25/h3-6,22H,1,7-14H2,2H3,(H,24,25). The highest BCUT2D eigenvalue weighted by molar-refractivity contribution is 9.10. The topological polar surface area (TPSA) is 52.6 Å². The third kappa shape index (κ3) is 3.36. The van der Waals surface area contributed by atoms with Gasteiger partial charge in [0.25, 0.3) is 0 Å². The predicted molar refractivity (Wildman–Crippen MR) is 105 cm³/mol. The minimum atomic E-state index is -0.798. The first-order valence-electron chi connectivity index (χ1n) is 9.02. The third-order valence-electron chi connectivity index (χ3n) is 6.52. The molecule has 3 rings (SSSR count). The summed E-state index contributed by atoms with van der Waals surface area (Å²) in [4.78, 5) is 12.9. The average Bonchev–Trinajstić information content (AvgIpc) is 2.62. The Bertz CT molecular complexity index is 642. The van der Waals surface area contributed by atoms with Crippen LogP contribution >= 0.6 is 15.9 Å². The van der Waals surface area contributed by atoms with Gasteiger partial charge in [-0.1, -0.05) is 41.6 Å². The highest BCUT2D eigenvalue weighted by Gasteiger charge is 2.51. The van der Waals surface area contributed by atoms with Gasteiger partial charge in [0.1, 0.15) is 0 Å². The number of likely N-dealkylation sites (tertiary alicyclic amines) is 1. The summed E-state index contributed by atoms with van der Waals surface area (Å²) in [5.74, 6) is 0. The summed E-state index contributed by atoms with van der Waals surface area (Å²) >= 11 is 3.51. The first-order valence-corrected chi connectivity index (χ1v) is 9.81. The Morgan fingerprint density at radius 2 is 1.72 bits per heavy atom. The monoisotopic (exact) mass is 406 g/mol. The Kier molecular flexibility index (Phi) is 5.26. The van der Waals surface area contributed by atoms with Crippen LogP contribution in [0.5, 0.6) is 0 Å². The van der Waals surface area contributed by atoms with Gasteiger partial charge in [0.15, 0.2) is 0 Å². The Morgan fingerprint density at radius 1 is 1.16 bits per heavy atom. The fourth-order valence-electron chi connectivity index (χ4n) is 4.72. The highest BCUT2D eigenvalue weighted by atomic mass is 79.9. The number of benzene rings is 1. The van der Waals surface area contributed by atoms with E-state index in [1.165, 1.54) is 11.1 Å². The largest absolute Gasteiger partial charge is 0.465 e. The molecule has 1 aromatic rings. The maximum Gasteiger partial charge on any atom is 0.407 e. The molecule has 2 fully saturated rings. The van der Waals surface area contributed by atoms with E-state index in [0.29, 0.717) is 13.1 Å². The fraction of sp³-hybridized carbons (Fsp3) is 0.550. The molecule has 0 unspecified atom stereocenters. The molecule has 0 radical (unpaired) electrons. The molecular weight excluding hydrogens is 380 g/mol. The lowest BCUT2D eigenvalue weighted by molar-refractivity contribution is 0.00972. The zero-order chi connectivity index (χ0) is 18.1. The quantitative estimate of drug-likeness (QED) is 0.769. The average molecular weight is 407 g/mol. The molecule has 2 saturated heterocycles. The van der Waals surface area contributed by atoms with E-state index in [0.717, 1.165) is 43.2 Å². The van der Waals surface area contributed by atoms with Gasteiger partial charge < -0.3 is 15.3 Å². The summed E-state index contributed by atoms with van der Waals surface area (Å²) in [6, 6.07) is 8.44. The second kappa shape index (κ2) is 7.12. The van der Waals surface area contributed by atoms with E-state index >= 15 is 0 Å². The number of amides is 1. The normalized spacial score (nSPS) is 22.4. The van der Waals surface area contributed by atoms with Gasteiger partial charge in [-0.25, -0.2) is 4.79 Å². The highest BCUT2D eigenvalue weighted by Crippen LogP contribution is 2.58. The van der Waals surface area contributed by atoms with Crippen LogP contribution in [0, 0.1) is 10.8 Å². The van der Waals surface area contributed by atoms with Gasteiger partial charge in [-0.3, -0.25) is 0 Å². The number of carbonyl (C=O) groups is 1. The van der Waals surface area contributed by atoms with Gasteiger partial charge in [0.2, 0.25) is 0 Å². The van der Waals surface area contributed by atoms with Crippen molar-refractivity contribution in [1.82, 2.24) is 10.2 Å². The molecule has 0 saturated carbocycles.